The Balaban J connectivity index is 2.04. The Morgan fingerprint density at radius 2 is 2.09 bits per heavy atom. The third-order valence-electron chi connectivity index (χ3n) is 3.83. The number of benzene rings is 1. The molecule has 0 spiro atoms. The average Bonchev–Trinajstić information content (AvgIpc) is 2.44. The van der Waals surface area contributed by atoms with Crippen LogP contribution >= 0.6 is 0 Å². The van der Waals surface area contributed by atoms with Crippen molar-refractivity contribution in [1.29, 1.82) is 0 Å². The molecule has 0 aromatic heterocycles. The molecule has 0 bridgehead atoms. The lowest BCUT2D eigenvalue weighted by atomic mass is 10.2. The van der Waals surface area contributed by atoms with Crippen molar-refractivity contribution in [3.8, 4) is 5.75 Å². The average molecular weight is 338 g/mol. The van der Waals surface area contributed by atoms with Gasteiger partial charge in [-0.1, -0.05) is 0 Å². The minimum atomic E-state index is -0.886. The fraction of sp³-hybridized carbons (Fsp3) is 0.588. The Bertz CT molecular complexity index is 614. The van der Waals surface area contributed by atoms with Gasteiger partial charge in [0, 0.05) is 35.3 Å². The predicted molar refractivity (Wildman–Crippen MR) is 94.6 cm³/mol. The summed E-state index contributed by atoms with van der Waals surface area (Å²) in [5, 5.41) is 2.95. The van der Waals surface area contributed by atoms with Crippen LogP contribution in [0.15, 0.2) is 18.2 Å². The highest BCUT2D eigenvalue weighted by atomic mass is 32.2. The van der Waals surface area contributed by atoms with Crippen LogP contribution in [0, 0.1) is 6.92 Å². The van der Waals surface area contributed by atoms with Gasteiger partial charge in [-0.15, -0.1) is 0 Å². The third-order valence-corrected chi connectivity index (χ3v) is 5.75. The highest BCUT2D eigenvalue weighted by Gasteiger charge is 2.35. The SMILES string of the molecule is Cc1cc(OC(C)C)ccc1NC(=O)N1CC[S@](=O)C(C)(C)C1. The van der Waals surface area contributed by atoms with Gasteiger partial charge in [0.25, 0.3) is 0 Å². The molecule has 1 aromatic rings. The summed E-state index contributed by atoms with van der Waals surface area (Å²) in [7, 11) is -0.886. The lowest BCUT2D eigenvalue weighted by Gasteiger charge is -2.37. The molecular formula is C17H26N2O3S. The van der Waals surface area contributed by atoms with Crippen LogP contribution in [-0.4, -0.2) is 44.8 Å². The summed E-state index contributed by atoms with van der Waals surface area (Å²) < 4.78 is 17.3. The second-order valence-electron chi connectivity index (χ2n) is 6.80. The van der Waals surface area contributed by atoms with Crippen molar-refractivity contribution in [1.82, 2.24) is 4.90 Å². The molecule has 0 unspecified atom stereocenters. The van der Waals surface area contributed by atoms with Crippen molar-refractivity contribution in [2.24, 2.45) is 0 Å². The van der Waals surface area contributed by atoms with E-state index in [-0.39, 0.29) is 16.9 Å². The zero-order chi connectivity index (χ0) is 17.2. The number of hydrogen-bond donors (Lipinski definition) is 1. The van der Waals surface area contributed by atoms with Crippen molar-refractivity contribution in [3.63, 3.8) is 0 Å². The number of nitrogens with zero attached hydrogens (tertiary/aromatic N) is 1. The topological polar surface area (TPSA) is 58.6 Å². The van der Waals surface area contributed by atoms with Crippen LogP contribution < -0.4 is 10.1 Å². The lowest BCUT2D eigenvalue weighted by molar-refractivity contribution is 0.207. The molecule has 1 fully saturated rings. The number of carbonyl (C=O) groups is 1. The van der Waals surface area contributed by atoms with Crippen molar-refractivity contribution >= 4 is 22.5 Å². The zero-order valence-corrected chi connectivity index (χ0v) is 15.3. The fourth-order valence-electron chi connectivity index (χ4n) is 2.57. The summed E-state index contributed by atoms with van der Waals surface area (Å²) in [6, 6.07) is 5.50. The second kappa shape index (κ2) is 6.91. The molecule has 6 heteroatoms. The summed E-state index contributed by atoms with van der Waals surface area (Å²) >= 11 is 0. The van der Waals surface area contributed by atoms with Crippen molar-refractivity contribution in [2.75, 3.05) is 24.2 Å². The summed E-state index contributed by atoms with van der Waals surface area (Å²) in [6.07, 6.45) is 0.117. The van der Waals surface area contributed by atoms with Crippen molar-refractivity contribution in [2.45, 2.75) is 45.5 Å². The van der Waals surface area contributed by atoms with E-state index in [0.717, 1.165) is 17.0 Å². The van der Waals surface area contributed by atoms with Crippen LogP contribution in [0.3, 0.4) is 0 Å². The fourth-order valence-corrected chi connectivity index (χ4v) is 3.81. The molecule has 1 N–H and O–H groups in total. The van der Waals surface area contributed by atoms with E-state index in [0.29, 0.717) is 18.8 Å². The van der Waals surface area contributed by atoms with Gasteiger partial charge in [0.1, 0.15) is 5.75 Å². The molecule has 128 valence electrons. The first-order chi connectivity index (χ1) is 10.7. The van der Waals surface area contributed by atoms with Crippen LogP contribution in [0.2, 0.25) is 0 Å². The minimum Gasteiger partial charge on any atom is -0.491 e. The molecule has 1 atom stereocenters. The Hall–Kier alpha value is -1.56. The summed E-state index contributed by atoms with van der Waals surface area (Å²) in [5.41, 5.74) is 1.73. The molecule has 5 nitrogen and oxygen atoms in total. The van der Waals surface area contributed by atoms with Gasteiger partial charge in [-0.05, 0) is 58.4 Å². The molecule has 1 aromatic carbocycles. The number of rotatable bonds is 3. The molecule has 0 saturated carbocycles. The molecule has 23 heavy (non-hydrogen) atoms. The van der Waals surface area contributed by atoms with Gasteiger partial charge in [0.05, 0.1) is 10.9 Å². The van der Waals surface area contributed by atoms with Gasteiger partial charge in [0.2, 0.25) is 0 Å². The highest BCUT2D eigenvalue weighted by Crippen LogP contribution is 2.24. The van der Waals surface area contributed by atoms with Gasteiger partial charge < -0.3 is 15.0 Å². The summed E-state index contributed by atoms with van der Waals surface area (Å²) in [5.74, 6) is 1.32. The van der Waals surface area contributed by atoms with Crippen molar-refractivity contribution in [3.05, 3.63) is 23.8 Å². The van der Waals surface area contributed by atoms with Crippen LogP contribution in [0.5, 0.6) is 5.75 Å². The first-order valence-electron chi connectivity index (χ1n) is 7.91. The van der Waals surface area contributed by atoms with E-state index in [9.17, 15) is 9.00 Å². The molecule has 1 aliphatic rings. The normalized spacial score (nSPS) is 20.4. The number of anilines is 1. The molecule has 1 heterocycles. The number of nitrogens with one attached hydrogen (secondary N) is 1. The van der Waals surface area contributed by atoms with E-state index in [4.69, 9.17) is 4.74 Å². The van der Waals surface area contributed by atoms with Crippen LogP contribution in [0.25, 0.3) is 0 Å². The third kappa shape index (κ3) is 4.47. The molecule has 1 aliphatic heterocycles. The standard InChI is InChI=1S/C17H26N2O3S/c1-12(2)22-14-6-7-15(13(3)10-14)18-16(20)19-8-9-23(21)17(4,5)11-19/h6-7,10,12H,8-9,11H2,1-5H3,(H,18,20)/t23-/m0/s1. The first-order valence-corrected chi connectivity index (χ1v) is 9.22. The predicted octanol–water partition coefficient (Wildman–Crippen LogP) is 3.16. The summed E-state index contributed by atoms with van der Waals surface area (Å²) in [6.45, 7) is 10.8. The van der Waals surface area contributed by atoms with Gasteiger partial charge in [-0.2, -0.15) is 0 Å². The number of urea groups is 1. The Labute approximate surface area is 140 Å². The van der Waals surface area contributed by atoms with Gasteiger partial charge >= 0.3 is 6.03 Å². The van der Waals surface area contributed by atoms with E-state index in [1.54, 1.807) is 4.90 Å². The maximum absolute atomic E-state index is 12.5. The maximum Gasteiger partial charge on any atom is 0.321 e. The number of hydrogen-bond acceptors (Lipinski definition) is 3. The summed E-state index contributed by atoms with van der Waals surface area (Å²) in [4.78, 5) is 14.2. The molecule has 1 saturated heterocycles. The van der Waals surface area contributed by atoms with Crippen LogP contribution in [0.1, 0.15) is 33.3 Å². The Morgan fingerprint density at radius 3 is 2.65 bits per heavy atom. The maximum atomic E-state index is 12.5. The monoisotopic (exact) mass is 338 g/mol. The Kier molecular flexibility index (Phi) is 5.34. The molecule has 2 amide bonds. The van der Waals surface area contributed by atoms with E-state index in [1.165, 1.54) is 0 Å². The van der Waals surface area contributed by atoms with E-state index in [2.05, 4.69) is 5.32 Å². The van der Waals surface area contributed by atoms with Gasteiger partial charge in [0.15, 0.2) is 0 Å². The molecule has 0 aliphatic carbocycles. The quantitative estimate of drug-likeness (QED) is 0.921. The first kappa shape index (κ1) is 17.8. The number of ether oxygens (including phenoxy) is 1. The smallest absolute Gasteiger partial charge is 0.321 e. The van der Waals surface area contributed by atoms with Crippen molar-refractivity contribution < 1.29 is 13.7 Å². The molecule has 0 radical (unpaired) electrons. The number of aryl methyl sites for hydroxylation is 1. The van der Waals surface area contributed by atoms with E-state index >= 15 is 0 Å². The minimum absolute atomic E-state index is 0.117. The van der Waals surface area contributed by atoms with E-state index in [1.807, 2.05) is 52.8 Å². The Morgan fingerprint density at radius 1 is 1.39 bits per heavy atom. The van der Waals surface area contributed by atoms with Gasteiger partial charge in [-0.3, -0.25) is 4.21 Å². The zero-order valence-electron chi connectivity index (χ0n) is 14.5. The second-order valence-corrected chi connectivity index (χ2v) is 9.01. The van der Waals surface area contributed by atoms with E-state index < -0.39 is 10.8 Å². The number of carbonyl (C=O) groups excluding carboxylic acids is 1. The van der Waals surface area contributed by atoms with Crippen LogP contribution in [0.4, 0.5) is 10.5 Å². The molecular weight excluding hydrogens is 312 g/mol. The lowest BCUT2D eigenvalue weighted by Crippen LogP contribution is -2.53. The highest BCUT2D eigenvalue weighted by molar-refractivity contribution is 7.86. The molecule has 2 rings (SSSR count). The van der Waals surface area contributed by atoms with Gasteiger partial charge in [-0.25, -0.2) is 4.79 Å². The van der Waals surface area contributed by atoms with Crippen LogP contribution in [-0.2, 0) is 10.8 Å². The largest absolute Gasteiger partial charge is 0.491 e. The number of amides is 2.